The summed E-state index contributed by atoms with van der Waals surface area (Å²) in [5.41, 5.74) is 0. The van der Waals surface area contributed by atoms with Crippen molar-refractivity contribution in [1.29, 1.82) is 0 Å². The van der Waals surface area contributed by atoms with Gasteiger partial charge >= 0.3 is 0 Å². The molecule has 0 aliphatic rings. The molecule has 0 N–H and O–H groups in total. The highest BCUT2D eigenvalue weighted by atomic mass is 32.2. The van der Waals surface area contributed by atoms with Crippen molar-refractivity contribution in [3.05, 3.63) is 0 Å². The Morgan fingerprint density at radius 2 is 1.54 bits per heavy atom. The van der Waals surface area contributed by atoms with Crippen LogP contribution in [-0.4, -0.2) is 18.4 Å². The minimum atomic E-state index is -2.99. The summed E-state index contributed by atoms with van der Waals surface area (Å²) in [6.07, 6.45) is 0.693. The van der Waals surface area contributed by atoms with Gasteiger partial charge in [-0.15, -0.1) is 0 Å². The second-order valence-electron chi connectivity index (χ2n) is 4.52. The van der Waals surface area contributed by atoms with E-state index >= 15 is 0 Å². The molecule has 0 aromatic carbocycles. The maximum atomic E-state index is 12.0. The minimum Gasteiger partial charge on any atom is -0.228 e. The largest absolute Gasteiger partial charge is 0.228 e. The highest BCUT2D eigenvalue weighted by Crippen LogP contribution is 2.30. The zero-order valence-electron chi connectivity index (χ0n) is 9.59. The van der Waals surface area contributed by atoms with Gasteiger partial charge in [0.1, 0.15) is 0 Å². The van der Waals surface area contributed by atoms with Crippen LogP contribution in [0.5, 0.6) is 0 Å². The summed E-state index contributed by atoms with van der Waals surface area (Å²) in [7, 11) is -2.99. The average Bonchev–Trinajstić information content (AvgIpc) is 2.02. The molecule has 3 heteroatoms. The molecule has 0 aliphatic carbocycles. The first kappa shape index (κ1) is 12.9. The fourth-order valence-electron chi connectivity index (χ4n) is 1.07. The molecule has 2 nitrogen and oxygen atoms in total. The van der Waals surface area contributed by atoms with E-state index in [9.17, 15) is 8.42 Å². The van der Waals surface area contributed by atoms with Gasteiger partial charge in [-0.2, -0.15) is 0 Å². The smallest absolute Gasteiger partial charge is 0.158 e. The first-order valence-electron chi connectivity index (χ1n) is 4.91. The Balaban J connectivity index is 5.05. The lowest BCUT2D eigenvalue weighted by Crippen LogP contribution is -2.42. The monoisotopic (exact) mass is 206 g/mol. The van der Waals surface area contributed by atoms with Crippen LogP contribution in [0.15, 0.2) is 0 Å². The van der Waals surface area contributed by atoms with Crippen LogP contribution in [0.2, 0.25) is 0 Å². The molecule has 80 valence electrons. The lowest BCUT2D eigenvalue weighted by atomic mass is 10.00. The molecule has 0 amide bonds. The van der Waals surface area contributed by atoms with Crippen LogP contribution in [0.4, 0.5) is 0 Å². The van der Waals surface area contributed by atoms with Gasteiger partial charge < -0.3 is 0 Å². The highest BCUT2D eigenvalue weighted by Gasteiger charge is 2.39. The predicted octanol–water partition coefficient (Wildman–Crippen LogP) is 2.63. The summed E-state index contributed by atoms with van der Waals surface area (Å²) < 4.78 is 23.4. The van der Waals surface area contributed by atoms with E-state index in [0.717, 1.165) is 0 Å². The Bertz CT molecular complexity index is 250. The van der Waals surface area contributed by atoms with Gasteiger partial charge in [-0.1, -0.05) is 20.8 Å². The summed E-state index contributed by atoms with van der Waals surface area (Å²) in [5.74, 6) is 0.159. The molecule has 0 heterocycles. The van der Waals surface area contributed by atoms with Crippen molar-refractivity contribution in [2.24, 2.45) is 5.92 Å². The summed E-state index contributed by atoms with van der Waals surface area (Å²) in [6.45, 7) is 11.3. The van der Waals surface area contributed by atoms with E-state index in [0.29, 0.717) is 6.42 Å². The second-order valence-corrected chi connectivity index (χ2v) is 7.47. The van der Waals surface area contributed by atoms with Crippen LogP contribution in [0.1, 0.15) is 48.0 Å². The van der Waals surface area contributed by atoms with Crippen LogP contribution in [0.3, 0.4) is 0 Å². The van der Waals surface area contributed by atoms with Gasteiger partial charge in [-0.3, -0.25) is 0 Å². The topological polar surface area (TPSA) is 34.1 Å². The van der Waals surface area contributed by atoms with Crippen molar-refractivity contribution >= 4 is 9.84 Å². The second kappa shape index (κ2) is 3.99. The van der Waals surface area contributed by atoms with Crippen LogP contribution in [0.25, 0.3) is 0 Å². The van der Waals surface area contributed by atoms with Crippen LogP contribution >= 0.6 is 0 Å². The molecule has 0 saturated heterocycles. The van der Waals surface area contributed by atoms with Crippen molar-refractivity contribution < 1.29 is 8.42 Å². The third-order valence-corrected chi connectivity index (χ3v) is 6.56. The van der Waals surface area contributed by atoms with E-state index in [-0.39, 0.29) is 11.2 Å². The lowest BCUT2D eigenvalue weighted by molar-refractivity contribution is 0.447. The van der Waals surface area contributed by atoms with E-state index in [1.807, 2.05) is 34.6 Å². The molecular weight excluding hydrogens is 184 g/mol. The van der Waals surface area contributed by atoms with Gasteiger partial charge in [0.15, 0.2) is 9.84 Å². The van der Waals surface area contributed by atoms with Gasteiger partial charge in [0, 0.05) is 0 Å². The zero-order chi connectivity index (χ0) is 10.9. The molecule has 0 rings (SSSR count). The first-order valence-corrected chi connectivity index (χ1v) is 6.46. The molecule has 0 saturated carbocycles. The maximum absolute atomic E-state index is 12.0. The molecule has 0 aromatic rings. The van der Waals surface area contributed by atoms with E-state index in [2.05, 4.69) is 0 Å². The van der Waals surface area contributed by atoms with Gasteiger partial charge in [-0.05, 0) is 33.1 Å². The third-order valence-electron chi connectivity index (χ3n) is 3.23. The van der Waals surface area contributed by atoms with Crippen molar-refractivity contribution in [2.45, 2.75) is 58.0 Å². The van der Waals surface area contributed by atoms with E-state index < -0.39 is 14.6 Å². The predicted molar refractivity (Wildman–Crippen MR) is 57.6 cm³/mol. The first-order chi connectivity index (χ1) is 5.67. The van der Waals surface area contributed by atoms with E-state index in [1.165, 1.54) is 0 Å². The fourth-order valence-corrected chi connectivity index (χ4v) is 3.20. The van der Waals surface area contributed by atoms with Gasteiger partial charge in [0.25, 0.3) is 0 Å². The Hall–Kier alpha value is -0.0500. The number of sulfone groups is 1. The molecule has 1 atom stereocenters. The molecule has 0 radical (unpaired) electrons. The minimum absolute atomic E-state index is 0.159. The maximum Gasteiger partial charge on any atom is 0.158 e. The van der Waals surface area contributed by atoms with Crippen LogP contribution in [-0.2, 0) is 9.84 Å². The average molecular weight is 206 g/mol. The number of hydrogen-bond acceptors (Lipinski definition) is 2. The van der Waals surface area contributed by atoms with Crippen molar-refractivity contribution in [3.63, 3.8) is 0 Å². The normalized spacial score (nSPS) is 16.2. The standard InChI is InChI=1S/C10H22O2S/c1-7-9(4)13(11,12)10(5,6)8(2)3/h8-9H,7H2,1-6H3/t9-/m0/s1. The van der Waals surface area contributed by atoms with Crippen molar-refractivity contribution in [2.75, 3.05) is 0 Å². The fraction of sp³-hybridized carbons (Fsp3) is 1.00. The summed E-state index contributed by atoms with van der Waals surface area (Å²) in [6, 6.07) is 0. The lowest BCUT2D eigenvalue weighted by Gasteiger charge is -2.31. The van der Waals surface area contributed by atoms with Crippen molar-refractivity contribution in [3.8, 4) is 0 Å². The quantitative estimate of drug-likeness (QED) is 0.708. The zero-order valence-corrected chi connectivity index (χ0v) is 10.4. The number of hydrogen-bond donors (Lipinski definition) is 0. The summed E-state index contributed by atoms with van der Waals surface area (Å²) in [5, 5.41) is -0.232. The molecule has 0 aliphatic heterocycles. The molecule has 0 unspecified atom stereocenters. The molecule has 13 heavy (non-hydrogen) atoms. The Kier molecular flexibility index (Phi) is 3.97. The van der Waals surface area contributed by atoms with Crippen LogP contribution < -0.4 is 0 Å². The van der Waals surface area contributed by atoms with Gasteiger partial charge in [-0.25, -0.2) is 8.42 Å². The Morgan fingerprint density at radius 3 is 1.77 bits per heavy atom. The molecular formula is C10H22O2S. The molecule has 0 aromatic heterocycles. The van der Waals surface area contributed by atoms with E-state index in [4.69, 9.17) is 0 Å². The van der Waals surface area contributed by atoms with Crippen LogP contribution in [0, 0.1) is 5.92 Å². The summed E-state index contributed by atoms with van der Waals surface area (Å²) in [4.78, 5) is 0. The van der Waals surface area contributed by atoms with Gasteiger partial charge in [0.05, 0.1) is 10.00 Å². The van der Waals surface area contributed by atoms with Crippen molar-refractivity contribution in [1.82, 2.24) is 0 Å². The molecule has 0 fully saturated rings. The van der Waals surface area contributed by atoms with E-state index in [1.54, 1.807) is 6.92 Å². The summed E-state index contributed by atoms with van der Waals surface area (Å²) >= 11 is 0. The van der Waals surface area contributed by atoms with Gasteiger partial charge in [0.2, 0.25) is 0 Å². The Morgan fingerprint density at radius 1 is 1.15 bits per heavy atom. The molecule has 0 bridgehead atoms. The number of rotatable bonds is 4. The Labute approximate surface area is 82.6 Å². The highest BCUT2D eigenvalue weighted by molar-refractivity contribution is 7.93. The SMILES string of the molecule is CC[C@H](C)S(=O)(=O)C(C)(C)C(C)C. The molecule has 0 spiro atoms. The third kappa shape index (κ3) is 2.25.